The van der Waals surface area contributed by atoms with E-state index in [1.54, 1.807) is 0 Å². The molecule has 2 rings (SSSR count). The number of nitrogens with one attached hydrogen (secondary N) is 2. The first-order chi connectivity index (χ1) is 6.95. The summed E-state index contributed by atoms with van der Waals surface area (Å²) in [6.45, 7) is 0. The molecule has 0 bridgehead atoms. The van der Waals surface area contributed by atoms with Gasteiger partial charge < -0.3 is 10.9 Å². The smallest absolute Gasteiger partial charge is 0.0539 e. The molecular weight excluding hydrogens is 381 g/mol. The van der Waals surface area contributed by atoms with Crippen LogP contribution in [-0.4, -0.2) is 26.2 Å². The predicted molar refractivity (Wildman–Crippen MR) is 65.9 cm³/mol. The third-order valence-corrected chi connectivity index (χ3v) is 1.90. The summed E-state index contributed by atoms with van der Waals surface area (Å²) in [6.07, 6.45) is 0. The number of para-hydroxylation sites is 2. The van der Waals surface area contributed by atoms with Crippen molar-refractivity contribution in [2.24, 2.45) is 0 Å². The van der Waals surface area contributed by atoms with Gasteiger partial charge in [0.05, 0.1) is 11.4 Å². The summed E-state index contributed by atoms with van der Waals surface area (Å²) in [4.78, 5) is 0. The Morgan fingerprint density at radius 3 is 1.20 bits per heavy atom. The minimum atomic E-state index is 0. The molecule has 75 valence electrons. The van der Waals surface area contributed by atoms with Crippen LogP contribution in [0.25, 0.3) is 0 Å². The molecule has 0 fully saturated rings. The first-order valence-electron chi connectivity index (χ1n) is 4.57. The Labute approximate surface area is 109 Å². The Balaban J connectivity index is 0.00000112. The maximum atomic E-state index is 3.11. The summed E-state index contributed by atoms with van der Waals surface area (Å²) >= 11 is 0. The largest absolute Gasteiger partial charge is 0.301 e. The molecule has 3 radical (unpaired) electrons. The number of hydrazine groups is 1. The maximum absolute atomic E-state index is 3.11. The van der Waals surface area contributed by atoms with Crippen molar-refractivity contribution in [3.63, 3.8) is 0 Å². The fraction of sp³-hybridized carbons (Fsp3) is 0. The van der Waals surface area contributed by atoms with Crippen molar-refractivity contribution >= 4 is 37.6 Å². The molecule has 2 aromatic carbocycles. The standard InChI is InChI=1S/C12H12N2.Bi/c1-3-7-11(8-4-1)13-14-12-9-5-2-6-10-12;/h1-10,13-14H;. The summed E-state index contributed by atoms with van der Waals surface area (Å²) < 4.78 is 0. The third-order valence-electron chi connectivity index (χ3n) is 1.90. The van der Waals surface area contributed by atoms with E-state index in [0.29, 0.717) is 0 Å². The molecule has 0 heterocycles. The van der Waals surface area contributed by atoms with Crippen LogP contribution in [0.5, 0.6) is 0 Å². The minimum absolute atomic E-state index is 0. The van der Waals surface area contributed by atoms with Gasteiger partial charge >= 0.3 is 0 Å². The van der Waals surface area contributed by atoms with Crippen LogP contribution in [0.3, 0.4) is 0 Å². The van der Waals surface area contributed by atoms with E-state index < -0.39 is 0 Å². The summed E-state index contributed by atoms with van der Waals surface area (Å²) in [5, 5.41) is 0. The predicted octanol–water partition coefficient (Wildman–Crippen LogP) is 2.74. The zero-order chi connectivity index (χ0) is 9.64. The van der Waals surface area contributed by atoms with E-state index in [1.165, 1.54) is 0 Å². The van der Waals surface area contributed by atoms with Crippen LogP contribution in [0.15, 0.2) is 60.7 Å². The molecule has 0 aliphatic rings. The number of hydrogen-bond donors (Lipinski definition) is 2. The third kappa shape index (κ3) is 3.88. The van der Waals surface area contributed by atoms with Crippen molar-refractivity contribution in [2.45, 2.75) is 0 Å². The number of hydrogen-bond acceptors (Lipinski definition) is 2. The molecule has 0 saturated carbocycles. The van der Waals surface area contributed by atoms with Gasteiger partial charge in [-0.2, -0.15) is 0 Å². The maximum Gasteiger partial charge on any atom is 0.0539 e. The number of benzene rings is 2. The van der Waals surface area contributed by atoms with Gasteiger partial charge in [-0.15, -0.1) is 0 Å². The van der Waals surface area contributed by atoms with E-state index in [9.17, 15) is 0 Å². The van der Waals surface area contributed by atoms with Gasteiger partial charge in [0.1, 0.15) is 0 Å². The molecule has 0 aliphatic carbocycles. The molecule has 0 spiro atoms. The minimum Gasteiger partial charge on any atom is -0.301 e. The molecule has 0 aliphatic heterocycles. The topological polar surface area (TPSA) is 24.1 Å². The first kappa shape index (κ1) is 12.0. The van der Waals surface area contributed by atoms with Crippen LogP contribution < -0.4 is 10.9 Å². The van der Waals surface area contributed by atoms with Gasteiger partial charge in [-0.05, 0) is 24.3 Å². The Morgan fingerprint density at radius 2 is 0.867 bits per heavy atom. The van der Waals surface area contributed by atoms with Crippen LogP contribution in [-0.2, 0) is 0 Å². The number of anilines is 2. The van der Waals surface area contributed by atoms with E-state index >= 15 is 0 Å². The second-order valence-electron chi connectivity index (χ2n) is 2.98. The summed E-state index contributed by atoms with van der Waals surface area (Å²) in [6, 6.07) is 20.0. The van der Waals surface area contributed by atoms with Crippen molar-refractivity contribution in [1.82, 2.24) is 0 Å². The second kappa shape index (κ2) is 6.41. The fourth-order valence-electron chi connectivity index (χ4n) is 1.19. The van der Waals surface area contributed by atoms with Gasteiger partial charge in [-0.3, -0.25) is 0 Å². The van der Waals surface area contributed by atoms with Gasteiger partial charge in [0.25, 0.3) is 0 Å². The van der Waals surface area contributed by atoms with Crippen LogP contribution in [0.1, 0.15) is 0 Å². The molecule has 0 aromatic heterocycles. The van der Waals surface area contributed by atoms with Gasteiger partial charge in [-0.1, -0.05) is 36.4 Å². The molecule has 0 unspecified atom stereocenters. The summed E-state index contributed by atoms with van der Waals surface area (Å²) in [5.74, 6) is 0. The van der Waals surface area contributed by atoms with E-state index in [1.807, 2.05) is 60.7 Å². The monoisotopic (exact) mass is 393 g/mol. The Hall–Kier alpha value is -1.08. The zero-order valence-electron chi connectivity index (χ0n) is 8.22. The molecule has 2 aromatic rings. The van der Waals surface area contributed by atoms with Crippen molar-refractivity contribution in [1.29, 1.82) is 0 Å². The molecule has 0 saturated heterocycles. The van der Waals surface area contributed by atoms with Gasteiger partial charge in [0, 0.05) is 26.2 Å². The van der Waals surface area contributed by atoms with Gasteiger partial charge in [-0.25, -0.2) is 0 Å². The van der Waals surface area contributed by atoms with Crippen LogP contribution in [0, 0.1) is 0 Å². The second-order valence-corrected chi connectivity index (χ2v) is 2.98. The Morgan fingerprint density at radius 1 is 0.533 bits per heavy atom. The van der Waals surface area contributed by atoms with Gasteiger partial charge in [0.15, 0.2) is 0 Å². The molecule has 2 N–H and O–H groups in total. The summed E-state index contributed by atoms with van der Waals surface area (Å²) in [5.41, 5.74) is 8.33. The molecule has 3 heteroatoms. The van der Waals surface area contributed by atoms with Gasteiger partial charge in [0.2, 0.25) is 0 Å². The molecule has 0 amide bonds. The average Bonchev–Trinajstić information content (AvgIpc) is 2.29. The van der Waals surface area contributed by atoms with Crippen LogP contribution in [0.4, 0.5) is 11.4 Å². The SMILES string of the molecule is [Bi].c1ccc(NNc2ccccc2)cc1. The average molecular weight is 393 g/mol. The first-order valence-corrected chi connectivity index (χ1v) is 4.57. The van der Waals surface area contributed by atoms with E-state index in [2.05, 4.69) is 10.9 Å². The van der Waals surface area contributed by atoms with Crippen molar-refractivity contribution in [3.05, 3.63) is 60.7 Å². The van der Waals surface area contributed by atoms with Crippen LogP contribution in [0.2, 0.25) is 0 Å². The number of rotatable bonds is 3. The Kier molecular flexibility index (Phi) is 5.13. The summed E-state index contributed by atoms with van der Waals surface area (Å²) in [7, 11) is 0. The molecule has 15 heavy (non-hydrogen) atoms. The fourth-order valence-corrected chi connectivity index (χ4v) is 1.19. The zero-order valence-corrected chi connectivity index (χ0v) is 11.7. The van der Waals surface area contributed by atoms with E-state index in [0.717, 1.165) is 11.4 Å². The van der Waals surface area contributed by atoms with Crippen molar-refractivity contribution in [3.8, 4) is 0 Å². The quantitative estimate of drug-likeness (QED) is 0.619. The van der Waals surface area contributed by atoms with Crippen molar-refractivity contribution < 1.29 is 0 Å². The van der Waals surface area contributed by atoms with Crippen molar-refractivity contribution in [2.75, 3.05) is 10.9 Å². The van der Waals surface area contributed by atoms with Crippen LogP contribution >= 0.6 is 0 Å². The molecular formula is C12H12BiN2. The Bertz CT molecular complexity index is 336. The molecule has 2 nitrogen and oxygen atoms in total. The normalized spacial score (nSPS) is 8.80. The van der Waals surface area contributed by atoms with E-state index in [4.69, 9.17) is 0 Å². The van der Waals surface area contributed by atoms with E-state index in [-0.39, 0.29) is 26.2 Å². The molecule has 0 atom stereocenters.